The lowest BCUT2D eigenvalue weighted by molar-refractivity contribution is 0.656. The van der Waals surface area contributed by atoms with Crippen LogP contribution in [-0.2, 0) is 13.6 Å². The second-order valence-electron chi connectivity index (χ2n) is 6.29. The van der Waals surface area contributed by atoms with Gasteiger partial charge in [0.2, 0.25) is 0 Å². The second-order valence-corrected chi connectivity index (χ2v) is 8.76. The highest BCUT2D eigenvalue weighted by Gasteiger charge is 2.08. The smallest absolute Gasteiger partial charge is 0.0939 e. The summed E-state index contributed by atoms with van der Waals surface area (Å²) in [5.74, 6) is 0. The first-order valence-electron chi connectivity index (χ1n) is 8.49. The van der Waals surface area contributed by atoms with E-state index >= 15 is 0 Å². The summed E-state index contributed by atoms with van der Waals surface area (Å²) in [6.07, 6.45) is 5.57. The highest BCUT2D eigenvalue weighted by Crippen LogP contribution is 2.30. The van der Waals surface area contributed by atoms with Crippen molar-refractivity contribution in [1.29, 1.82) is 0 Å². The van der Waals surface area contributed by atoms with Crippen LogP contribution >= 0.6 is 55.1 Å². The summed E-state index contributed by atoms with van der Waals surface area (Å²) in [5, 5.41) is 18.8. The van der Waals surface area contributed by atoms with Crippen LogP contribution in [0.15, 0.2) is 57.9 Å². The topological polar surface area (TPSA) is 64.3 Å². The normalized spacial score (nSPS) is 11.1. The Morgan fingerprint density at radius 3 is 2.41 bits per heavy atom. The van der Waals surface area contributed by atoms with Crippen LogP contribution in [0.3, 0.4) is 0 Å². The molecule has 0 aliphatic carbocycles. The van der Waals surface area contributed by atoms with E-state index in [1.807, 2.05) is 54.5 Å². The van der Waals surface area contributed by atoms with E-state index in [2.05, 4.69) is 52.3 Å². The van der Waals surface area contributed by atoms with E-state index in [0.29, 0.717) is 16.6 Å². The number of aromatic amines is 1. The van der Waals surface area contributed by atoms with Gasteiger partial charge < -0.3 is 0 Å². The van der Waals surface area contributed by atoms with Crippen LogP contribution in [0.1, 0.15) is 5.69 Å². The van der Waals surface area contributed by atoms with Crippen LogP contribution in [0.25, 0.3) is 21.8 Å². The maximum atomic E-state index is 6.23. The number of benzene rings is 2. The van der Waals surface area contributed by atoms with Crippen molar-refractivity contribution in [1.82, 2.24) is 29.8 Å². The molecule has 1 N–H and O–H groups in total. The molecular weight excluding hydrogens is 543 g/mol. The van der Waals surface area contributed by atoms with Crippen LogP contribution in [0.4, 0.5) is 0 Å². The number of hydrogen-bond donors (Lipinski definition) is 1. The molecule has 0 saturated heterocycles. The zero-order valence-corrected chi connectivity index (χ0v) is 19.8. The third-order valence-electron chi connectivity index (χ3n) is 4.23. The maximum Gasteiger partial charge on any atom is 0.0939 e. The molecule has 0 fully saturated rings. The molecule has 3 aromatic heterocycles. The molecule has 0 spiro atoms. The molecule has 10 heteroatoms. The molecule has 0 bridgehead atoms. The molecule has 0 aliphatic rings. The Morgan fingerprint density at radius 2 is 1.69 bits per heavy atom. The maximum absolute atomic E-state index is 6.23. The van der Waals surface area contributed by atoms with Crippen molar-refractivity contribution in [2.24, 2.45) is 7.05 Å². The lowest BCUT2D eigenvalue weighted by Crippen LogP contribution is -2.01. The third kappa shape index (κ3) is 4.35. The van der Waals surface area contributed by atoms with Gasteiger partial charge in [-0.2, -0.15) is 15.3 Å². The molecule has 6 nitrogen and oxygen atoms in total. The summed E-state index contributed by atoms with van der Waals surface area (Å²) in [5.41, 5.74) is 2.82. The average Bonchev–Trinajstić information content (AvgIpc) is 3.42. The van der Waals surface area contributed by atoms with Crippen molar-refractivity contribution in [3.8, 4) is 0 Å². The lowest BCUT2D eigenvalue weighted by Gasteiger charge is -1.96. The van der Waals surface area contributed by atoms with Gasteiger partial charge in [-0.1, -0.05) is 23.2 Å². The van der Waals surface area contributed by atoms with Crippen LogP contribution in [-0.4, -0.2) is 29.8 Å². The van der Waals surface area contributed by atoms with E-state index in [1.165, 1.54) is 0 Å². The Morgan fingerprint density at radius 1 is 0.966 bits per heavy atom. The molecule has 5 aromatic rings. The number of fused-ring (bicyclic) bond motifs is 2. The molecule has 2 aromatic carbocycles. The number of aryl methyl sites for hydroxylation is 1. The van der Waals surface area contributed by atoms with Crippen molar-refractivity contribution in [3.05, 3.63) is 73.6 Å². The quantitative estimate of drug-likeness (QED) is 0.281. The molecule has 148 valence electrons. The number of halogens is 4. The fourth-order valence-corrected chi connectivity index (χ4v) is 3.95. The second kappa shape index (κ2) is 8.47. The summed E-state index contributed by atoms with van der Waals surface area (Å²) in [7, 11) is 1.90. The molecule has 0 unspecified atom stereocenters. The first-order valence-corrected chi connectivity index (χ1v) is 10.8. The first-order chi connectivity index (χ1) is 13.9. The summed E-state index contributed by atoms with van der Waals surface area (Å²) >= 11 is 18.9. The highest BCUT2D eigenvalue weighted by molar-refractivity contribution is 9.10. The molecule has 0 aliphatic heterocycles. The van der Waals surface area contributed by atoms with Gasteiger partial charge >= 0.3 is 0 Å². The van der Waals surface area contributed by atoms with Gasteiger partial charge in [-0.3, -0.25) is 14.5 Å². The number of nitrogens with one attached hydrogen (secondary N) is 1. The molecule has 29 heavy (non-hydrogen) atoms. The van der Waals surface area contributed by atoms with E-state index < -0.39 is 0 Å². The molecule has 3 heterocycles. The zero-order chi connectivity index (χ0) is 20.5. The van der Waals surface area contributed by atoms with Gasteiger partial charge in [-0.15, -0.1) is 0 Å². The SMILES string of the molecule is Clc1c(Br)ccc2[nH]ncc12.Cn1ccc(Cn2cc3c(Cl)c(Br)ccc3n2)n1. The van der Waals surface area contributed by atoms with Crippen molar-refractivity contribution >= 4 is 76.9 Å². The molecule has 0 atom stereocenters. The number of hydrogen-bond acceptors (Lipinski definition) is 3. The van der Waals surface area contributed by atoms with Gasteiger partial charge in [-0.25, -0.2) is 0 Å². The van der Waals surface area contributed by atoms with Crippen LogP contribution in [0.5, 0.6) is 0 Å². The minimum absolute atomic E-state index is 0.642. The predicted octanol–water partition coefficient (Wildman–Crippen LogP) is 6.21. The summed E-state index contributed by atoms with van der Waals surface area (Å²) in [4.78, 5) is 0. The van der Waals surface area contributed by atoms with Gasteiger partial charge in [0, 0.05) is 39.2 Å². The van der Waals surface area contributed by atoms with E-state index in [9.17, 15) is 0 Å². The third-order valence-corrected chi connectivity index (χ3v) is 6.82. The van der Waals surface area contributed by atoms with Crippen LogP contribution in [0, 0.1) is 0 Å². The molecular formula is C19H14Br2Cl2N6. The number of nitrogens with zero attached hydrogens (tertiary/aromatic N) is 5. The minimum atomic E-state index is 0.642. The average molecular weight is 557 g/mol. The van der Waals surface area contributed by atoms with Crippen molar-refractivity contribution in [2.75, 3.05) is 0 Å². The molecule has 5 rings (SSSR count). The fraction of sp³-hybridized carbons (Fsp3) is 0.105. The van der Waals surface area contributed by atoms with Crippen molar-refractivity contribution in [3.63, 3.8) is 0 Å². The van der Waals surface area contributed by atoms with E-state index in [0.717, 1.165) is 36.4 Å². The summed E-state index contributed by atoms with van der Waals surface area (Å²) < 4.78 is 5.41. The standard InChI is InChI=1S/C12H10BrClN4.C7H4BrClN2/c1-17-5-4-8(15-17)6-18-7-9-11(16-18)3-2-10(13)12(9)14;8-5-1-2-6-4(7(5)9)3-10-11-6/h2-5,7H,6H2,1H3;1-3H,(H,10,11). The zero-order valence-electron chi connectivity index (χ0n) is 15.1. The summed E-state index contributed by atoms with van der Waals surface area (Å²) in [6.45, 7) is 0.642. The Balaban J connectivity index is 0.000000159. The highest BCUT2D eigenvalue weighted by atomic mass is 79.9. The largest absolute Gasteiger partial charge is 0.278 e. The summed E-state index contributed by atoms with van der Waals surface area (Å²) in [6, 6.07) is 9.65. The molecule has 0 saturated carbocycles. The lowest BCUT2D eigenvalue weighted by atomic mass is 10.3. The van der Waals surface area contributed by atoms with Gasteiger partial charge in [0.25, 0.3) is 0 Å². The predicted molar refractivity (Wildman–Crippen MR) is 124 cm³/mol. The Hall–Kier alpha value is -1.87. The monoisotopic (exact) mass is 554 g/mol. The Labute approximate surface area is 193 Å². The fourth-order valence-electron chi connectivity index (χ4n) is 2.83. The first kappa shape index (κ1) is 20.4. The van der Waals surface area contributed by atoms with Crippen LogP contribution < -0.4 is 0 Å². The van der Waals surface area contributed by atoms with E-state index in [-0.39, 0.29) is 0 Å². The van der Waals surface area contributed by atoms with E-state index in [1.54, 1.807) is 10.9 Å². The Kier molecular flexibility index (Phi) is 5.96. The van der Waals surface area contributed by atoms with Gasteiger partial charge in [0.1, 0.15) is 0 Å². The van der Waals surface area contributed by atoms with Gasteiger partial charge in [0.05, 0.1) is 39.5 Å². The van der Waals surface area contributed by atoms with Crippen LogP contribution in [0.2, 0.25) is 10.0 Å². The van der Waals surface area contributed by atoms with Crippen molar-refractivity contribution in [2.45, 2.75) is 6.54 Å². The van der Waals surface area contributed by atoms with Crippen molar-refractivity contribution < 1.29 is 0 Å². The Bertz CT molecular complexity index is 1310. The number of H-pyrrole nitrogens is 1. The molecule has 0 radical (unpaired) electrons. The number of aromatic nitrogens is 6. The minimum Gasteiger partial charge on any atom is -0.278 e. The number of rotatable bonds is 2. The molecule has 0 amide bonds. The van der Waals surface area contributed by atoms with Gasteiger partial charge in [-0.05, 0) is 62.2 Å². The van der Waals surface area contributed by atoms with E-state index in [4.69, 9.17) is 23.2 Å². The van der Waals surface area contributed by atoms with Gasteiger partial charge in [0.15, 0.2) is 0 Å².